The van der Waals surface area contributed by atoms with Crippen LogP contribution in [0.4, 0.5) is 0 Å². The van der Waals surface area contributed by atoms with Gasteiger partial charge in [0.25, 0.3) is 0 Å². The number of benzene rings is 2. The predicted octanol–water partition coefficient (Wildman–Crippen LogP) is 2.33. The molecule has 1 heterocycles. The van der Waals surface area contributed by atoms with Gasteiger partial charge in [-0.25, -0.2) is 9.59 Å². The molecule has 1 amide bonds. The summed E-state index contributed by atoms with van der Waals surface area (Å²) < 4.78 is 17.9. The van der Waals surface area contributed by atoms with Crippen molar-refractivity contribution >= 4 is 23.6 Å². The Morgan fingerprint density at radius 3 is 2.18 bits per heavy atom. The van der Waals surface area contributed by atoms with Crippen LogP contribution in [0.3, 0.4) is 0 Å². The zero-order valence-electron chi connectivity index (χ0n) is 28.8. The Morgan fingerprint density at radius 2 is 1.60 bits per heavy atom. The molecule has 12 heteroatoms. The topological polar surface area (TPSA) is 189 Å². The van der Waals surface area contributed by atoms with Crippen LogP contribution in [0.15, 0.2) is 71.8 Å². The number of carbonyl (C=O) groups excluding carboxylic acids is 4. The average Bonchev–Trinajstić information content (AvgIpc) is 3.07. The number of amides is 1. The number of ether oxygens (including phenoxy) is 3. The number of Topliss-reactive ketones (excluding diaryl/α,β-unsaturated/α-hetero) is 1. The molecule has 2 aromatic rings. The molecule has 0 aromatic heterocycles. The van der Waals surface area contributed by atoms with Crippen LogP contribution >= 0.6 is 0 Å². The van der Waals surface area contributed by atoms with Gasteiger partial charge in [-0.1, -0.05) is 69.3 Å². The minimum Gasteiger partial charge on any atom is -0.456 e. The van der Waals surface area contributed by atoms with Gasteiger partial charge in [-0.15, -0.1) is 0 Å². The maximum atomic E-state index is 14.6. The van der Waals surface area contributed by atoms with Gasteiger partial charge in [0.15, 0.2) is 11.9 Å². The second-order valence-corrected chi connectivity index (χ2v) is 15.0. The molecule has 10 atom stereocenters. The normalized spacial score (nSPS) is 35.5. The summed E-state index contributed by atoms with van der Waals surface area (Å²) >= 11 is 0. The summed E-state index contributed by atoms with van der Waals surface area (Å²) in [5.41, 5.74) is -5.82. The molecule has 268 valence electrons. The van der Waals surface area contributed by atoms with E-state index in [2.05, 4.69) is 5.32 Å². The summed E-state index contributed by atoms with van der Waals surface area (Å²) in [6, 6.07) is 15.3. The Balaban J connectivity index is 1.46. The van der Waals surface area contributed by atoms with Gasteiger partial charge >= 0.3 is 11.9 Å². The van der Waals surface area contributed by atoms with Gasteiger partial charge in [0.2, 0.25) is 5.91 Å². The van der Waals surface area contributed by atoms with Crippen molar-refractivity contribution in [2.45, 2.75) is 102 Å². The van der Waals surface area contributed by atoms with Gasteiger partial charge in [0.05, 0.1) is 24.3 Å². The molecule has 0 spiro atoms. The van der Waals surface area contributed by atoms with Gasteiger partial charge in [-0.05, 0) is 48.6 Å². The maximum absolute atomic E-state index is 14.6. The molecule has 3 fully saturated rings. The minimum atomic E-state index is -2.15. The first kappa shape index (κ1) is 35.9. The van der Waals surface area contributed by atoms with Crippen molar-refractivity contribution in [2.75, 3.05) is 6.61 Å². The van der Waals surface area contributed by atoms with Gasteiger partial charge in [-0.2, -0.15) is 0 Å². The number of hydrogen-bond acceptors (Lipinski definition) is 11. The van der Waals surface area contributed by atoms with Gasteiger partial charge in [-0.3, -0.25) is 9.59 Å². The zero-order valence-corrected chi connectivity index (χ0v) is 28.8. The first-order valence-electron chi connectivity index (χ1n) is 16.9. The number of nitrogens with one attached hydrogen (secondary N) is 1. The number of aliphatic hydroxyl groups is 4. The minimum absolute atomic E-state index is 0.0874. The smallest absolute Gasteiger partial charge is 0.338 e. The number of hydrogen-bond donors (Lipinski definition) is 5. The van der Waals surface area contributed by atoms with E-state index in [1.54, 1.807) is 88.4 Å². The van der Waals surface area contributed by atoms with E-state index in [1.807, 2.05) is 0 Å². The summed E-state index contributed by atoms with van der Waals surface area (Å²) in [5.74, 6) is -4.31. The van der Waals surface area contributed by atoms with Crippen LogP contribution in [0.1, 0.15) is 75.8 Å². The van der Waals surface area contributed by atoms with E-state index in [0.29, 0.717) is 12.0 Å². The third-order valence-corrected chi connectivity index (χ3v) is 11.8. The third-order valence-electron chi connectivity index (χ3n) is 11.8. The molecule has 50 heavy (non-hydrogen) atoms. The van der Waals surface area contributed by atoms with Crippen molar-refractivity contribution in [3.05, 3.63) is 82.9 Å². The lowest BCUT2D eigenvalue weighted by Crippen LogP contribution is -2.78. The highest BCUT2D eigenvalue weighted by atomic mass is 16.6. The van der Waals surface area contributed by atoms with Crippen molar-refractivity contribution in [3.63, 3.8) is 0 Å². The van der Waals surface area contributed by atoms with Crippen LogP contribution in [0.5, 0.6) is 0 Å². The number of aliphatic hydroxyl groups excluding tert-OH is 2. The molecule has 4 aliphatic rings. The molecular weight excluding hydrogens is 646 g/mol. The summed E-state index contributed by atoms with van der Waals surface area (Å²) in [5, 5.41) is 51.1. The largest absolute Gasteiger partial charge is 0.456 e. The number of ketones is 1. The lowest BCUT2D eigenvalue weighted by molar-refractivity contribution is -0.329. The van der Waals surface area contributed by atoms with Crippen molar-refractivity contribution in [3.8, 4) is 0 Å². The van der Waals surface area contributed by atoms with Crippen LogP contribution in [0.25, 0.3) is 0 Å². The fraction of sp³-hybridized carbons (Fsp3) is 0.526. The number of esters is 2. The first-order chi connectivity index (χ1) is 23.5. The Bertz CT molecular complexity index is 1710. The van der Waals surface area contributed by atoms with E-state index in [1.165, 1.54) is 6.92 Å². The predicted molar refractivity (Wildman–Crippen MR) is 177 cm³/mol. The molecular formula is C38H45NO11. The lowest BCUT2D eigenvalue weighted by Gasteiger charge is -2.66. The van der Waals surface area contributed by atoms with E-state index in [-0.39, 0.29) is 36.2 Å². The monoisotopic (exact) mass is 691 g/mol. The van der Waals surface area contributed by atoms with E-state index in [4.69, 9.17) is 14.2 Å². The lowest BCUT2D eigenvalue weighted by atomic mass is 9.45. The highest BCUT2D eigenvalue weighted by Gasteiger charge is 2.74. The molecule has 5 N–H and O–H groups in total. The number of rotatable bonds is 7. The van der Waals surface area contributed by atoms with Crippen molar-refractivity contribution < 1.29 is 53.8 Å². The van der Waals surface area contributed by atoms with Crippen LogP contribution in [0, 0.1) is 16.7 Å². The van der Waals surface area contributed by atoms with E-state index >= 15 is 0 Å². The Labute approximate surface area is 290 Å². The Hall–Kier alpha value is -3.94. The summed E-state index contributed by atoms with van der Waals surface area (Å²) in [7, 11) is 0. The van der Waals surface area contributed by atoms with Gasteiger partial charge in [0, 0.05) is 30.1 Å². The highest BCUT2D eigenvalue weighted by Crippen LogP contribution is 2.63. The summed E-state index contributed by atoms with van der Waals surface area (Å²) in [6.07, 6.45) is -7.16. The molecule has 2 aromatic carbocycles. The summed E-state index contributed by atoms with van der Waals surface area (Å²) in [6.45, 7) is 7.49. The molecule has 9 unspecified atom stereocenters. The second kappa shape index (κ2) is 12.7. The van der Waals surface area contributed by atoms with Crippen LogP contribution in [-0.2, 0) is 28.6 Å². The molecule has 2 saturated carbocycles. The number of carbonyl (C=O) groups is 4. The maximum Gasteiger partial charge on any atom is 0.338 e. The standard InChI is InChI=1S/C38H45NO11/c1-20-24(49-34(45)29(42)27(39-21(2)40)22-12-8-6-9-13-22)18-38(47)32(50-33(44)23-14-10-7-11-15-23)30-36(5,17-16-25-37(30,46)19-48-25)31(43)28(41)26(20)35(38,3)4/h6-15,24-25,27-30,32,41-42,46-47H,16-19H2,1-5H3,(H,39,40)/t24?,25?,27?,28?,29?,30?,32?,36-,37?,38?/m1/s1. The van der Waals surface area contributed by atoms with Gasteiger partial charge < -0.3 is 40.0 Å². The molecule has 2 bridgehead atoms. The highest BCUT2D eigenvalue weighted by molar-refractivity contribution is 5.93. The third kappa shape index (κ3) is 5.48. The molecule has 0 radical (unpaired) electrons. The van der Waals surface area contributed by atoms with E-state index in [9.17, 15) is 39.6 Å². The molecule has 3 aliphatic carbocycles. The quantitative estimate of drug-likeness (QED) is 0.212. The molecule has 12 nitrogen and oxygen atoms in total. The number of fused-ring (bicyclic) bond motifs is 5. The van der Waals surface area contributed by atoms with Gasteiger partial charge in [0.1, 0.15) is 29.5 Å². The molecule has 1 aliphatic heterocycles. The first-order valence-corrected chi connectivity index (χ1v) is 16.9. The van der Waals surface area contributed by atoms with Crippen molar-refractivity contribution in [2.24, 2.45) is 16.7 Å². The SMILES string of the molecule is CC(=O)NC(c1ccccc1)C(O)C(=O)OC1CC2(O)C(OC(=O)c3ccccc3)C3C4(O)COC4CC[C@@]3(C)C(=O)C(O)C(=C1C)C2(C)C. The van der Waals surface area contributed by atoms with E-state index in [0.717, 1.165) is 0 Å². The fourth-order valence-electron chi connectivity index (χ4n) is 8.97. The van der Waals surface area contributed by atoms with Crippen molar-refractivity contribution in [1.82, 2.24) is 5.32 Å². The van der Waals surface area contributed by atoms with Crippen LogP contribution < -0.4 is 5.32 Å². The molecule has 1 saturated heterocycles. The second-order valence-electron chi connectivity index (χ2n) is 15.0. The Kier molecular flexibility index (Phi) is 9.10. The average molecular weight is 692 g/mol. The van der Waals surface area contributed by atoms with Crippen LogP contribution in [0.2, 0.25) is 0 Å². The molecule has 6 rings (SSSR count). The van der Waals surface area contributed by atoms with Crippen molar-refractivity contribution in [1.29, 1.82) is 0 Å². The Morgan fingerprint density at radius 1 is 0.980 bits per heavy atom. The zero-order chi connectivity index (χ0) is 36.4. The van der Waals surface area contributed by atoms with E-state index < -0.39 is 88.1 Å². The fourth-order valence-corrected chi connectivity index (χ4v) is 8.97. The van der Waals surface area contributed by atoms with Crippen LogP contribution in [-0.4, -0.2) is 92.4 Å². The summed E-state index contributed by atoms with van der Waals surface area (Å²) in [4.78, 5) is 54.2.